The van der Waals surface area contributed by atoms with Crippen molar-refractivity contribution in [2.24, 2.45) is 5.73 Å². The molecule has 4 nitrogen and oxygen atoms in total. The maximum Gasteiger partial charge on any atom is 0.160 e. The van der Waals surface area contributed by atoms with Crippen molar-refractivity contribution in [1.29, 1.82) is 0 Å². The van der Waals surface area contributed by atoms with Crippen molar-refractivity contribution in [3.8, 4) is 11.5 Å². The standard InChI is InChI=1S/C14H22N2O2/c1-16-7-6-12(15)11(9-16)10-4-5-13(17-2)14(8-10)18-3/h4-5,8,11-12H,6-7,9,15H2,1-3H3/t11-,12-/m1/s1. The third-order valence-electron chi connectivity index (χ3n) is 3.71. The van der Waals surface area contributed by atoms with Crippen LogP contribution in [0.2, 0.25) is 0 Å². The summed E-state index contributed by atoms with van der Waals surface area (Å²) in [5.41, 5.74) is 7.47. The summed E-state index contributed by atoms with van der Waals surface area (Å²) in [6, 6.07) is 6.31. The first-order valence-corrected chi connectivity index (χ1v) is 6.31. The van der Waals surface area contributed by atoms with E-state index in [1.807, 2.05) is 12.1 Å². The van der Waals surface area contributed by atoms with Crippen LogP contribution in [-0.2, 0) is 0 Å². The highest BCUT2D eigenvalue weighted by atomic mass is 16.5. The lowest BCUT2D eigenvalue weighted by atomic mass is 9.86. The number of likely N-dealkylation sites (tertiary alicyclic amines) is 1. The van der Waals surface area contributed by atoms with Crippen LogP contribution in [0.3, 0.4) is 0 Å². The van der Waals surface area contributed by atoms with E-state index in [2.05, 4.69) is 18.0 Å². The van der Waals surface area contributed by atoms with Crippen LogP contribution in [0, 0.1) is 0 Å². The number of nitrogens with zero attached hydrogens (tertiary/aromatic N) is 1. The first-order chi connectivity index (χ1) is 8.65. The summed E-state index contributed by atoms with van der Waals surface area (Å²) in [5.74, 6) is 1.90. The third kappa shape index (κ3) is 2.60. The van der Waals surface area contributed by atoms with E-state index >= 15 is 0 Å². The van der Waals surface area contributed by atoms with Crippen molar-refractivity contribution in [3.05, 3.63) is 23.8 Å². The lowest BCUT2D eigenvalue weighted by Crippen LogP contribution is -2.43. The number of benzene rings is 1. The van der Waals surface area contributed by atoms with Crippen LogP contribution in [0.5, 0.6) is 11.5 Å². The molecule has 1 aromatic rings. The number of likely N-dealkylation sites (N-methyl/N-ethyl adjacent to an activating group) is 1. The van der Waals surface area contributed by atoms with Crippen molar-refractivity contribution in [1.82, 2.24) is 4.90 Å². The second-order valence-electron chi connectivity index (χ2n) is 4.94. The quantitative estimate of drug-likeness (QED) is 0.882. The summed E-state index contributed by atoms with van der Waals surface area (Å²) >= 11 is 0. The van der Waals surface area contributed by atoms with Gasteiger partial charge >= 0.3 is 0 Å². The van der Waals surface area contributed by atoms with E-state index in [-0.39, 0.29) is 6.04 Å². The molecule has 18 heavy (non-hydrogen) atoms. The van der Waals surface area contributed by atoms with Gasteiger partial charge in [-0.2, -0.15) is 0 Å². The monoisotopic (exact) mass is 250 g/mol. The zero-order chi connectivity index (χ0) is 13.1. The maximum atomic E-state index is 6.24. The van der Waals surface area contributed by atoms with Gasteiger partial charge in [-0.3, -0.25) is 0 Å². The fraction of sp³-hybridized carbons (Fsp3) is 0.571. The average Bonchev–Trinajstić information content (AvgIpc) is 2.40. The zero-order valence-electron chi connectivity index (χ0n) is 11.3. The van der Waals surface area contributed by atoms with Gasteiger partial charge in [-0.15, -0.1) is 0 Å². The summed E-state index contributed by atoms with van der Waals surface area (Å²) in [6.45, 7) is 2.07. The average molecular weight is 250 g/mol. The fourth-order valence-electron chi connectivity index (χ4n) is 2.57. The lowest BCUT2D eigenvalue weighted by Gasteiger charge is -2.35. The molecule has 0 amide bonds. The second kappa shape index (κ2) is 5.59. The summed E-state index contributed by atoms with van der Waals surface area (Å²) in [7, 11) is 5.45. The molecule has 2 atom stereocenters. The van der Waals surface area contributed by atoms with E-state index < -0.39 is 0 Å². The predicted octanol–water partition coefficient (Wildman–Crippen LogP) is 1.45. The Morgan fingerprint density at radius 1 is 1.22 bits per heavy atom. The van der Waals surface area contributed by atoms with Gasteiger partial charge in [-0.25, -0.2) is 0 Å². The molecule has 2 rings (SSSR count). The van der Waals surface area contributed by atoms with Crippen molar-refractivity contribution in [3.63, 3.8) is 0 Å². The molecule has 1 saturated heterocycles. The minimum absolute atomic E-state index is 0.222. The topological polar surface area (TPSA) is 47.7 Å². The van der Waals surface area contributed by atoms with E-state index in [0.717, 1.165) is 31.0 Å². The molecule has 100 valence electrons. The SMILES string of the molecule is COc1ccc([C@H]2CN(C)CC[C@H]2N)cc1OC. The van der Waals surface area contributed by atoms with Crippen LogP contribution in [0.1, 0.15) is 17.9 Å². The van der Waals surface area contributed by atoms with E-state index in [9.17, 15) is 0 Å². The molecule has 0 unspecified atom stereocenters. The van der Waals surface area contributed by atoms with Gasteiger partial charge in [0.05, 0.1) is 14.2 Å². The van der Waals surface area contributed by atoms with Crippen molar-refractivity contribution in [2.45, 2.75) is 18.4 Å². The summed E-state index contributed by atoms with van der Waals surface area (Å²) in [5, 5.41) is 0. The van der Waals surface area contributed by atoms with Crippen LogP contribution < -0.4 is 15.2 Å². The number of piperidine rings is 1. The van der Waals surface area contributed by atoms with E-state index in [1.165, 1.54) is 5.56 Å². The molecule has 1 aliphatic heterocycles. The highest BCUT2D eigenvalue weighted by molar-refractivity contribution is 5.44. The van der Waals surface area contributed by atoms with Crippen LogP contribution in [0.4, 0.5) is 0 Å². The molecule has 0 aromatic heterocycles. The van der Waals surface area contributed by atoms with Crippen molar-refractivity contribution < 1.29 is 9.47 Å². The summed E-state index contributed by atoms with van der Waals surface area (Å²) in [4.78, 5) is 2.32. The Labute approximate surface area is 109 Å². The molecule has 0 aliphatic carbocycles. The Bertz CT molecular complexity index is 409. The summed E-state index contributed by atoms with van der Waals surface area (Å²) < 4.78 is 10.6. The Balaban J connectivity index is 2.26. The molecular formula is C14H22N2O2. The molecular weight excluding hydrogens is 228 g/mol. The van der Waals surface area contributed by atoms with Gasteiger partial charge in [0.15, 0.2) is 11.5 Å². The van der Waals surface area contributed by atoms with Crippen LogP contribution in [0.25, 0.3) is 0 Å². The first-order valence-electron chi connectivity index (χ1n) is 6.31. The normalized spacial score (nSPS) is 24.9. The molecule has 0 spiro atoms. The number of nitrogens with two attached hydrogens (primary N) is 1. The Morgan fingerprint density at radius 2 is 1.94 bits per heavy atom. The second-order valence-corrected chi connectivity index (χ2v) is 4.94. The Hall–Kier alpha value is -1.26. The number of hydrogen-bond acceptors (Lipinski definition) is 4. The first kappa shape index (κ1) is 13.2. The molecule has 1 aromatic carbocycles. The number of methoxy groups -OCH3 is 2. The highest BCUT2D eigenvalue weighted by Crippen LogP contribution is 2.33. The fourth-order valence-corrected chi connectivity index (χ4v) is 2.57. The van der Waals surface area contributed by atoms with Crippen LogP contribution in [0.15, 0.2) is 18.2 Å². The number of ether oxygens (including phenoxy) is 2. The minimum Gasteiger partial charge on any atom is -0.493 e. The molecule has 0 radical (unpaired) electrons. The van der Waals surface area contributed by atoms with Gasteiger partial charge in [0.2, 0.25) is 0 Å². The molecule has 1 fully saturated rings. The van der Waals surface area contributed by atoms with Gasteiger partial charge in [0.1, 0.15) is 0 Å². The van der Waals surface area contributed by atoms with Gasteiger partial charge in [-0.05, 0) is 37.7 Å². The Kier molecular flexibility index (Phi) is 4.09. The van der Waals surface area contributed by atoms with E-state index in [0.29, 0.717) is 5.92 Å². The molecule has 2 N–H and O–H groups in total. The maximum absolute atomic E-state index is 6.24. The zero-order valence-corrected chi connectivity index (χ0v) is 11.3. The third-order valence-corrected chi connectivity index (χ3v) is 3.71. The summed E-state index contributed by atoms with van der Waals surface area (Å²) in [6.07, 6.45) is 1.04. The van der Waals surface area contributed by atoms with Gasteiger partial charge in [-0.1, -0.05) is 6.07 Å². The van der Waals surface area contributed by atoms with E-state index in [4.69, 9.17) is 15.2 Å². The largest absolute Gasteiger partial charge is 0.493 e. The molecule has 0 bridgehead atoms. The van der Waals surface area contributed by atoms with Gasteiger partial charge < -0.3 is 20.1 Å². The smallest absolute Gasteiger partial charge is 0.160 e. The highest BCUT2D eigenvalue weighted by Gasteiger charge is 2.26. The lowest BCUT2D eigenvalue weighted by molar-refractivity contribution is 0.228. The number of hydrogen-bond donors (Lipinski definition) is 1. The molecule has 4 heteroatoms. The van der Waals surface area contributed by atoms with Crippen LogP contribution in [-0.4, -0.2) is 45.3 Å². The van der Waals surface area contributed by atoms with Gasteiger partial charge in [0, 0.05) is 18.5 Å². The minimum atomic E-state index is 0.222. The molecule has 0 saturated carbocycles. The Morgan fingerprint density at radius 3 is 2.61 bits per heavy atom. The van der Waals surface area contributed by atoms with Crippen LogP contribution >= 0.6 is 0 Å². The number of rotatable bonds is 3. The van der Waals surface area contributed by atoms with Gasteiger partial charge in [0.25, 0.3) is 0 Å². The molecule has 1 aliphatic rings. The van der Waals surface area contributed by atoms with E-state index in [1.54, 1.807) is 14.2 Å². The predicted molar refractivity (Wildman–Crippen MR) is 72.4 cm³/mol. The molecule has 1 heterocycles. The van der Waals surface area contributed by atoms with Crippen molar-refractivity contribution >= 4 is 0 Å². The van der Waals surface area contributed by atoms with Crippen molar-refractivity contribution in [2.75, 3.05) is 34.4 Å².